The van der Waals surface area contributed by atoms with Crippen LogP contribution in [0.3, 0.4) is 0 Å². The minimum atomic E-state index is -0.0774. The van der Waals surface area contributed by atoms with Gasteiger partial charge in [-0.3, -0.25) is 0 Å². The molecule has 62 valence electrons. The van der Waals surface area contributed by atoms with Crippen LogP contribution < -0.4 is 0 Å². The second kappa shape index (κ2) is 1.90. The van der Waals surface area contributed by atoms with E-state index in [1.54, 1.807) is 12.1 Å². The van der Waals surface area contributed by atoms with Gasteiger partial charge in [-0.2, -0.15) is 0 Å². The van der Waals surface area contributed by atoms with E-state index in [0.29, 0.717) is 5.41 Å². The van der Waals surface area contributed by atoms with Gasteiger partial charge in [0.1, 0.15) is 5.82 Å². The molecule has 0 unspecified atom stereocenters. The van der Waals surface area contributed by atoms with Crippen LogP contribution in [-0.4, -0.2) is 0 Å². The first-order chi connectivity index (χ1) is 5.80. The summed E-state index contributed by atoms with van der Waals surface area (Å²) in [7, 11) is 0. The molecule has 1 saturated carbocycles. The fourth-order valence-corrected chi connectivity index (χ4v) is 2.47. The van der Waals surface area contributed by atoms with E-state index in [2.05, 4.69) is 0 Å². The predicted molar refractivity (Wildman–Crippen MR) is 45.6 cm³/mol. The summed E-state index contributed by atoms with van der Waals surface area (Å²) >= 11 is 0. The van der Waals surface area contributed by atoms with Gasteiger partial charge < -0.3 is 0 Å². The van der Waals surface area contributed by atoms with Crippen LogP contribution in [0.5, 0.6) is 0 Å². The summed E-state index contributed by atoms with van der Waals surface area (Å²) in [5, 5.41) is 0. The molecule has 12 heavy (non-hydrogen) atoms. The Morgan fingerprint density at radius 2 is 2.00 bits per heavy atom. The normalized spacial score (nSPS) is 22.8. The lowest BCUT2D eigenvalue weighted by atomic mass is 9.99. The molecule has 0 nitrogen and oxygen atoms in total. The first-order valence-corrected chi connectivity index (χ1v) is 4.59. The Morgan fingerprint density at radius 3 is 2.75 bits per heavy atom. The maximum atomic E-state index is 12.8. The van der Waals surface area contributed by atoms with Crippen LogP contribution in [0.15, 0.2) is 18.2 Å². The van der Waals surface area contributed by atoms with E-state index in [1.165, 1.54) is 30.4 Å². The van der Waals surface area contributed by atoms with E-state index in [4.69, 9.17) is 0 Å². The molecule has 1 aromatic rings. The third-order valence-corrected chi connectivity index (χ3v) is 3.37. The Kier molecular flexibility index (Phi) is 1.05. The third-order valence-electron chi connectivity index (χ3n) is 3.37. The first kappa shape index (κ1) is 6.64. The molecule has 0 atom stereocenters. The third kappa shape index (κ3) is 0.715. The van der Waals surface area contributed by atoms with E-state index < -0.39 is 0 Å². The molecule has 0 saturated heterocycles. The van der Waals surface area contributed by atoms with Crippen LogP contribution in [0.25, 0.3) is 0 Å². The Morgan fingerprint density at radius 1 is 1.17 bits per heavy atom. The highest BCUT2D eigenvalue weighted by Crippen LogP contribution is 2.56. The molecule has 0 N–H and O–H groups in total. The zero-order valence-electron chi connectivity index (χ0n) is 6.94. The number of hydrogen-bond donors (Lipinski definition) is 0. The average Bonchev–Trinajstić information content (AvgIpc) is 2.73. The van der Waals surface area contributed by atoms with Gasteiger partial charge in [0.15, 0.2) is 0 Å². The molecule has 1 aromatic carbocycles. The van der Waals surface area contributed by atoms with Crippen LogP contribution in [-0.2, 0) is 11.8 Å². The molecule has 0 amide bonds. The molecule has 1 spiro atoms. The van der Waals surface area contributed by atoms with Crippen molar-refractivity contribution in [3.8, 4) is 0 Å². The van der Waals surface area contributed by atoms with Gasteiger partial charge in [0.2, 0.25) is 0 Å². The Hall–Kier alpha value is -0.850. The molecular weight excluding hydrogens is 151 g/mol. The Balaban J connectivity index is 2.18. The molecule has 1 fully saturated rings. The number of hydrogen-bond acceptors (Lipinski definition) is 0. The minimum absolute atomic E-state index is 0.0774. The number of fused-ring (bicyclic) bond motifs is 2. The van der Waals surface area contributed by atoms with Crippen molar-refractivity contribution in [2.45, 2.75) is 31.1 Å². The number of aryl methyl sites for hydroxylation is 1. The molecule has 3 rings (SSSR count). The second-order valence-corrected chi connectivity index (χ2v) is 4.08. The quantitative estimate of drug-likeness (QED) is 0.550. The van der Waals surface area contributed by atoms with Crippen LogP contribution in [0, 0.1) is 5.82 Å². The zero-order valence-corrected chi connectivity index (χ0v) is 6.94. The van der Waals surface area contributed by atoms with Crippen molar-refractivity contribution in [3.63, 3.8) is 0 Å². The second-order valence-electron chi connectivity index (χ2n) is 4.08. The molecule has 0 radical (unpaired) electrons. The highest BCUT2D eigenvalue weighted by Gasteiger charge is 2.48. The van der Waals surface area contributed by atoms with E-state index in [-0.39, 0.29) is 5.82 Å². The smallest absolute Gasteiger partial charge is 0.123 e. The van der Waals surface area contributed by atoms with Gasteiger partial charge in [-0.05, 0) is 54.4 Å². The van der Waals surface area contributed by atoms with Crippen molar-refractivity contribution < 1.29 is 4.39 Å². The number of rotatable bonds is 0. The average molecular weight is 162 g/mol. The minimum Gasteiger partial charge on any atom is -0.207 e. The lowest BCUT2D eigenvalue weighted by Crippen LogP contribution is -1.98. The summed E-state index contributed by atoms with van der Waals surface area (Å²) in [6.07, 6.45) is 5.00. The summed E-state index contributed by atoms with van der Waals surface area (Å²) in [6, 6.07) is 5.30. The van der Waals surface area contributed by atoms with E-state index in [9.17, 15) is 4.39 Å². The van der Waals surface area contributed by atoms with Gasteiger partial charge in [-0.25, -0.2) is 4.39 Å². The van der Waals surface area contributed by atoms with Crippen molar-refractivity contribution in [1.29, 1.82) is 0 Å². The van der Waals surface area contributed by atoms with Gasteiger partial charge in [0.05, 0.1) is 0 Å². The van der Waals surface area contributed by atoms with Crippen LogP contribution >= 0.6 is 0 Å². The summed E-state index contributed by atoms with van der Waals surface area (Å²) in [6.45, 7) is 0. The molecular formula is C11H11F. The van der Waals surface area contributed by atoms with E-state index >= 15 is 0 Å². The highest BCUT2D eigenvalue weighted by molar-refractivity contribution is 5.43. The van der Waals surface area contributed by atoms with E-state index in [0.717, 1.165) is 6.42 Å². The van der Waals surface area contributed by atoms with Crippen molar-refractivity contribution >= 4 is 0 Å². The molecule has 0 aromatic heterocycles. The Bertz CT molecular complexity index is 337. The zero-order chi connectivity index (χ0) is 8.18. The van der Waals surface area contributed by atoms with Gasteiger partial charge in [0.25, 0.3) is 0 Å². The maximum absolute atomic E-state index is 12.8. The molecule has 0 heterocycles. The maximum Gasteiger partial charge on any atom is 0.123 e. The molecule has 1 heteroatoms. The standard InChI is InChI=1S/C11H11F/c12-9-1-2-10-8(7-9)3-4-11(10)5-6-11/h1-2,7H,3-6H2. The van der Waals surface area contributed by atoms with Gasteiger partial charge in [0, 0.05) is 0 Å². The van der Waals surface area contributed by atoms with Crippen molar-refractivity contribution in [3.05, 3.63) is 35.1 Å². The molecule has 2 aliphatic rings. The van der Waals surface area contributed by atoms with E-state index in [1.807, 2.05) is 6.07 Å². The topological polar surface area (TPSA) is 0 Å². The fraction of sp³-hybridized carbons (Fsp3) is 0.455. The largest absolute Gasteiger partial charge is 0.207 e. The van der Waals surface area contributed by atoms with Gasteiger partial charge >= 0.3 is 0 Å². The fourth-order valence-electron chi connectivity index (χ4n) is 2.47. The molecule has 2 aliphatic carbocycles. The van der Waals surface area contributed by atoms with Gasteiger partial charge in [-0.1, -0.05) is 6.07 Å². The summed E-state index contributed by atoms with van der Waals surface area (Å²) in [4.78, 5) is 0. The summed E-state index contributed by atoms with van der Waals surface area (Å²) in [5.74, 6) is -0.0774. The highest BCUT2D eigenvalue weighted by atomic mass is 19.1. The lowest BCUT2D eigenvalue weighted by Gasteiger charge is -2.06. The van der Waals surface area contributed by atoms with Crippen molar-refractivity contribution in [1.82, 2.24) is 0 Å². The molecule has 0 bridgehead atoms. The summed E-state index contributed by atoms with van der Waals surface area (Å²) in [5.41, 5.74) is 3.19. The van der Waals surface area contributed by atoms with Crippen LogP contribution in [0.4, 0.5) is 4.39 Å². The predicted octanol–water partition coefficient (Wildman–Crippen LogP) is 2.80. The number of benzene rings is 1. The SMILES string of the molecule is Fc1ccc2c(c1)CCC21CC1. The lowest BCUT2D eigenvalue weighted by molar-refractivity contribution is 0.625. The van der Waals surface area contributed by atoms with Crippen molar-refractivity contribution in [2.24, 2.45) is 0 Å². The van der Waals surface area contributed by atoms with Gasteiger partial charge in [-0.15, -0.1) is 0 Å². The molecule has 0 aliphatic heterocycles. The first-order valence-electron chi connectivity index (χ1n) is 4.59. The Labute approximate surface area is 71.4 Å². The number of halogens is 1. The van der Waals surface area contributed by atoms with Crippen LogP contribution in [0.2, 0.25) is 0 Å². The van der Waals surface area contributed by atoms with Crippen LogP contribution in [0.1, 0.15) is 30.4 Å². The monoisotopic (exact) mass is 162 g/mol. The van der Waals surface area contributed by atoms with Crippen molar-refractivity contribution in [2.75, 3.05) is 0 Å². The summed E-state index contributed by atoms with van der Waals surface area (Å²) < 4.78 is 12.8.